The lowest BCUT2D eigenvalue weighted by molar-refractivity contribution is -0.266. The number of aliphatic hydroxyl groups excluding tert-OH is 2. The van der Waals surface area contributed by atoms with E-state index in [0.717, 1.165) is 12.0 Å². The highest BCUT2D eigenvalue weighted by molar-refractivity contribution is 6.39. The van der Waals surface area contributed by atoms with Crippen LogP contribution in [0.3, 0.4) is 0 Å². The molecule has 418 valence electrons. The largest absolute Gasteiger partial charge is 0.460 e. The minimum atomic E-state index is -2.52. The molecule has 2 bridgehead atoms. The summed E-state index contributed by atoms with van der Waals surface area (Å²) in [5, 5.41) is 35.4. The van der Waals surface area contributed by atoms with Crippen LogP contribution in [0.25, 0.3) is 0 Å². The number of cyclic esters (lactones) is 1. The first-order chi connectivity index (χ1) is 35.2. The first-order valence-electron chi connectivity index (χ1n) is 26.8. The number of ketones is 3. The third kappa shape index (κ3) is 17.7. The average molecular weight is 1050 g/mol. The molecule has 3 fully saturated rings. The van der Waals surface area contributed by atoms with Gasteiger partial charge in [-0.25, -0.2) is 9.59 Å². The Hall–Kier alpha value is -4.14. The van der Waals surface area contributed by atoms with E-state index in [4.69, 9.17) is 33.2 Å². The lowest BCUT2D eigenvalue weighted by Gasteiger charge is -2.43. The summed E-state index contributed by atoms with van der Waals surface area (Å²) >= 11 is 0. The molecule has 0 aromatic carbocycles. The lowest BCUT2D eigenvalue weighted by Crippen LogP contribution is -2.61. The first kappa shape index (κ1) is 62.4. The summed E-state index contributed by atoms with van der Waals surface area (Å²) in [4.78, 5) is 84.4. The van der Waals surface area contributed by atoms with Gasteiger partial charge in [-0.05, 0) is 107 Å². The number of amides is 2. The monoisotopic (exact) mass is 1040 g/mol. The highest BCUT2D eigenvalue weighted by Gasteiger charge is 2.53. The van der Waals surface area contributed by atoms with Gasteiger partial charge in [0.25, 0.3) is 11.7 Å². The number of aliphatic hydroxyl groups is 3. The zero-order valence-electron chi connectivity index (χ0n) is 45.7. The summed E-state index contributed by atoms with van der Waals surface area (Å²) in [6, 6.07) is -1.19. The van der Waals surface area contributed by atoms with Crippen LogP contribution >= 0.6 is 0 Å². The molecule has 0 spiro atoms. The molecule has 3 heterocycles. The minimum Gasteiger partial charge on any atom is -0.460 e. The number of nitrogens with zero attached hydrogens (tertiary/aromatic N) is 1. The second-order valence-electron chi connectivity index (χ2n) is 21.2. The van der Waals surface area contributed by atoms with E-state index in [2.05, 4.69) is 5.32 Å². The summed E-state index contributed by atoms with van der Waals surface area (Å²) in [6.45, 7) is 12.6. The molecular formula is C56H88N2O16. The van der Waals surface area contributed by atoms with E-state index in [-0.39, 0.29) is 93.8 Å². The van der Waals surface area contributed by atoms with Crippen molar-refractivity contribution in [3.8, 4) is 0 Å². The van der Waals surface area contributed by atoms with Crippen molar-refractivity contribution in [3.63, 3.8) is 0 Å². The maximum absolute atomic E-state index is 14.6. The zero-order chi connectivity index (χ0) is 54.7. The predicted molar refractivity (Wildman–Crippen MR) is 275 cm³/mol. The molecule has 18 heteroatoms. The van der Waals surface area contributed by atoms with Crippen molar-refractivity contribution < 1.29 is 77.2 Å². The minimum absolute atomic E-state index is 0.0268. The molecule has 1 aliphatic carbocycles. The van der Waals surface area contributed by atoms with E-state index in [1.54, 1.807) is 40.9 Å². The van der Waals surface area contributed by atoms with Crippen LogP contribution in [0, 0.1) is 35.5 Å². The molecule has 74 heavy (non-hydrogen) atoms. The summed E-state index contributed by atoms with van der Waals surface area (Å²) in [7, 11) is 4.43. The topological polar surface area (TPSA) is 243 Å². The number of carbonyl (C=O) groups is 6. The molecule has 2 amide bonds. The highest BCUT2D eigenvalue weighted by Crippen LogP contribution is 2.38. The SMILES string of the molecule is CNC(=O)OCCO[C@H]1C[C@@H]2CC[C@@H](C)[C@@](O)(O2)C(=O)C(=O)N2CCCC[C@H]2C(=O)OC([C@H](C)CC2CC[C@@H](OCCO)[C@H](OC)C2)CC(=O)[C@H](C)/C=C(\C)[C@@H](O)[C@@H](OC)C(=O)[C@H](C)C[C@H](C)/C=C/C=C/C=C/1C. The fraction of sp³-hybridized carbons (Fsp3) is 0.750. The average Bonchev–Trinajstić information content (AvgIpc) is 3.38. The van der Waals surface area contributed by atoms with Gasteiger partial charge in [-0.1, -0.05) is 71.1 Å². The number of esters is 1. The molecule has 2 saturated heterocycles. The Morgan fingerprint density at radius 2 is 1.62 bits per heavy atom. The van der Waals surface area contributed by atoms with Gasteiger partial charge in [0, 0.05) is 58.4 Å². The van der Waals surface area contributed by atoms with Gasteiger partial charge in [-0.15, -0.1) is 0 Å². The Bertz CT molecular complexity index is 1990. The normalized spacial score (nSPS) is 36.8. The van der Waals surface area contributed by atoms with Gasteiger partial charge in [0.1, 0.15) is 36.7 Å². The van der Waals surface area contributed by atoms with Gasteiger partial charge in [0.05, 0.1) is 44.2 Å². The Morgan fingerprint density at radius 3 is 2.31 bits per heavy atom. The second-order valence-corrected chi connectivity index (χ2v) is 21.2. The summed E-state index contributed by atoms with van der Waals surface area (Å²) in [5.41, 5.74) is 1.13. The van der Waals surface area contributed by atoms with Crippen molar-refractivity contribution in [2.75, 3.05) is 54.2 Å². The number of fused-ring (bicyclic) bond motifs is 3. The Kier molecular flexibility index (Phi) is 25.8. The first-order valence-corrected chi connectivity index (χ1v) is 26.8. The van der Waals surface area contributed by atoms with E-state index in [9.17, 15) is 44.1 Å². The molecule has 0 aromatic heterocycles. The molecule has 4 rings (SSSR count). The third-order valence-corrected chi connectivity index (χ3v) is 15.4. The summed E-state index contributed by atoms with van der Waals surface area (Å²) < 4.78 is 41.2. The van der Waals surface area contributed by atoms with Crippen molar-refractivity contribution >= 4 is 35.3 Å². The molecule has 18 nitrogen and oxygen atoms in total. The quantitative estimate of drug-likeness (QED) is 0.0767. The smallest absolute Gasteiger partial charge is 0.406 e. The zero-order valence-corrected chi connectivity index (χ0v) is 45.7. The number of piperidine rings is 1. The molecule has 4 aliphatic rings. The molecule has 0 aromatic rings. The number of alkyl carbamates (subject to hydrolysis) is 1. The Balaban J connectivity index is 1.71. The van der Waals surface area contributed by atoms with Crippen LogP contribution < -0.4 is 5.32 Å². The van der Waals surface area contributed by atoms with Gasteiger partial charge in [-0.2, -0.15) is 0 Å². The van der Waals surface area contributed by atoms with E-state index in [1.165, 1.54) is 19.1 Å². The maximum atomic E-state index is 14.6. The Morgan fingerprint density at radius 1 is 0.878 bits per heavy atom. The van der Waals surface area contributed by atoms with E-state index >= 15 is 0 Å². The van der Waals surface area contributed by atoms with Crippen LogP contribution in [-0.2, 0) is 57.1 Å². The molecule has 4 N–H and O–H groups in total. The lowest BCUT2D eigenvalue weighted by atomic mass is 9.78. The van der Waals surface area contributed by atoms with Crippen LogP contribution in [0.2, 0.25) is 0 Å². The van der Waals surface area contributed by atoms with Crippen molar-refractivity contribution in [3.05, 3.63) is 47.6 Å². The number of ether oxygens (including phenoxy) is 7. The van der Waals surface area contributed by atoms with Gasteiger partial charge in [0.2, 0.25) is 5.79 Å². The van der Waals surface area contributed by atoms with E-state index in [0.29, 0.717) is 56.9 Å². The highest BCUT2D eigenvalue weighted by atomic mass is 16.6. The predicted octanol–water partition coefficient (Wildman–Crippen LogP) is 5.92. The van der Waals surface area contributed by atoms with E-state index < -0.39 is 83.9 Å². The third-order valence-electron chi connectivity index (χ3n) is 15.4. The second kappa shape index (κ2) is 30.6. The maximum Gasteiger partial charge on any atom is 0.406 e. The number of hydrogen-bond acceptors (Lipinski definition) is 16. The number of rotatable bonds is 12. The molecule has 2 unspecified atom stereocenters. The molecule has 3 aliphatic heterocycles. The van der Waals surface area contributed by atoms with Gasteiger partial charge in [-0.3, -0.25) is 19.2 Å². The van der Waals surface area contributed by atoms with Crippen molar-refractivity contribution in [2.45, 2.75) is 180 Å². The molecule has 15 atom stereocenters. The molecule has 0 radical (unpaired) electrons. The molecular weight excluding hydrogens is 957 g/mol. The standard InChI is InChI=1S/C56H88N2O16/c1-34-16-12-11-13-17-35(2)46(71-26-27-72-55(66)57-8)32-42-21-19-40(7)56(67,74-42)52(63)53(64)58-23-15-14-18-43(58)54(65)73-47(37(4)30-41-20-22-45(70-25-24-59)48(31-41)68-9)33-44(60)36(3)29-39(6)50(62)51(69-10)49(61)38(5)28-34/h11-13,16-17,29,34,36-38,40-43,45-48,50-51,59,62,67H,14-15,18-28,30-33H2,1-10H3,(H,57,66)/b13-11+,16-12+,35-17+,39-29+/t34-,36-,37-,38-,40-,41?,42+,43+,45-,46+,47?,48-,50-,51+,56-/m1/s1. The number of nitrogens with one attached hydrogen (secondary N) is 1. The number of allylic oxidation sites excluding steroid dienone is 6. The van der Waals surface area contributed by atoms with Crippen LogP contribution in [0.1, 0.15) is 126 Å². The van der Waals surface area contributed by atoms with Crippen molar-refractivity contribution in [1.82, 2.24) is 10.2 Å². The van der Waals surface area contributed by atoms with Gasteiger partial charge in [0.15, 0.2) is 5.78 Å². The van der Waals surface area contributed by atoms with Gasteiger partial charge >= 0.3 is 12.1 Å². The fourth-order valence-corrected chi connectivity index (χ4v) is 10.8. The van der Waals surface area contributed by atoms with Crippen molar-refractivity contribution in [1.29, 1.82) is 0 Å². The van der Waals surface area contributed by atoms with Gasteiger partial charge < -0.3 is 58.7 Å². The number of carbonyl (C=O) groups excluding carboxylic acids is 6. The summed E-state index contributed by atoms with van der Waals surface area (Å²) in [5.74, 6) is -8.46. The fourth-order valence-electron chi connectivity index (χ4n) is 10.8. The molecule has 1 saturated carbocycles. The van der Waals surface area contributed by atoms with Crippen LogP contribution in [0.5, 0.6) is 0 Å². The van der Waals surface area contributed by atoms with Crippen LogP contribution in [-0.4, -0.2) is 164 Å². The Labute approximate surface area is 438 Å². The van der Waals surface area contributed by atoms with E-state index in [1.807, 2.05) is 51.2 Å². The van der Waals surface area contributed by atoms with Crippen molar-refractivity contribution in [2.24, 2.45) is 35.5 Å². The van der Waals surface area contributed by atoms with Crippen LogP contribution in [0.4, 0.5) is 4.79 Å². The number of methoxy groups -OCH3 is 2. The number of Topliss-reactive ketones (excluding diaryl/α,β-unsaturated/α-hetero) is 3. The number of hydrogen-bond donors (Lipinski definition) is 4. The summed E-state index contributed by atoms with van der Waals surface area (Å²) in [6.07, 6.45) is 10.2. The van der Waals surface area contributed by atoms with Crippen LogP contribution in [0.15, 0.2) is 47.6 Å².